The molecule has 1 aliphatic heterocycles. The monoisotopic (exact) mass is 654 g/mol. The maximum atomic E-state index is 13.6. The second-order valence-electron chi connectivity index (χ2n) is 11.9. The maximum absolute atomic E-state index is 13.6. The van der Waals surface area contributed by atoms with E-state index in [9.17, 15) is 34.8 Å². The molecular formula is C33H35ClN2O10. The summed E-state index contributed by atoms with van der Waals surface area (Å²) in [5.74, 6) is -2.49. The zero-order valence-corrected chi connectivity index (χ0v) is 25.8. The standard InChI is InChI=1S/C33H34N2O10.ClH/c1-15-27(36)21(34)12-23(43-15)45-22-14-33(42,16(2)44-32(41)35-17-8-4-3-5-9-17)13-20-24(22)31(40)26-25(30(20)39)28(37)18-10-6-7-11-19(18)29(26)38;/h3-11,15-16,21-23,27,36,39-40,42H,12-14,34H2,1-2H3,(H,35,41);1H/t15-,16-,21-,22-,23?,27-,33-;/m0./s1. The zero-order chi connectivity index (χ0) is 32.2. The molecule has 244 valence electrons. The molecule has 3 aliphatic rings. The van der Waals surface area contributed by atoms with Gasteiger partial charge in [0.1, 0.15) is 23.2 Å². The largest absolute Gasteiger partial charge is 0.507 e. The number of ketones is 2. The Morgan fingerprint density at radius 1 is 1.02 bits per heavy atom. The number of phenols is 2. The minimum atomic E-state index is -1.88. The predicted octanol–water partition coefficient (Wildman–Crippen LogP) is 3.49. The molecule has 7 N–H and O–H groups in total. The van der Waals surface area contributed by atoms with Crippen LogP contribution in [0.3, 0.4) is 0 Å². The molecule has 13 heteroatoms. The molecule has 0 aromatic heterocycles. The van der Waals surface area contributed by atoms with Gasteiger partial charge >= 0.3 is 6.09 Å². The third-order valence-corrected chi connectivity index (χ3v) is 8.93. The average Bonchev–Trinajstić information content (AvgIpc) is 3.00. The van der Waals surface area contributed by atoms with Crippen LogP contribution in [-0.2, 0) is 20.6 Å². The van der Waals surface area contributed by atoms with Gasteiger partial charge in [-0.2, -0.15) is 0 Å². The summed E-state index contributed by atoms with van der Waals surface area (Å²) >= 11 is 0. The number of anilines is 1. The van der Waals surface area contributed by atoms with Gasteiger partial charge in [0.25, 0.3) is 0 Å². The molecule has 0 radical (unpaired) electrons. The number of nitrogens with two attached hydrogens (primary N) is 1. The Hall–Kier alpha value is -4.04. The fourth-order valence-corrected chi connectivity index (χ4v) is 6.43. The molecular weight excluding hydrogens is 620 g/mol. The number of amides is 1. The molecule has 46 heavy (non-hydrogen) atoms. The van der Waals surface area contributed by atoms with E-state index in [1.54, 1.807) is 49.4 Å². The Labute approximate surface area is 270 Å². The summed E-state index contributed by atoms with van der Waals surface area (Å²) in [6.45, 7) is 3.09. The molecule has 0 spiro atoms. The van der Waals surface area contributed by atoms with Gasteiger partial charge in [-0.3, -0.25) is 14.9 Å². The quantitative estimate of drug-likeness (QED) is 0.172. The summed E-state index contributed by atoms with van der Waals surface area (Å²) < 4.78 is 17.6. The summed E-state index contributed by atoms with van der Waals surface area (Å²) in [6, 6.07) is 13.9. The molecule has 6 rings (SSSR count). The molecule has 1 unspecified atom stereocenters. The van der Waals surface area contributed by atoms with Crippen LogP contribution >= 0.6 is 12.4 Å². The number of phenolic OH excluding ortho intramolecular Hbond substituents is 2. The average molecular weight is 655 g/mol. The minimum Gasteiger partial charge on any atom is -0.507 e. The van der Waals surface area contributed by atoms with E-state index in [-0.39, 0.29) is 65.1 Å². The lowest BCUT2D eigenvalue weighted by atomic mass is 9.71. The number of hydrogen-bond acceptors (Lipinski definition) is 11. The number of nitrogens with one attached hydrogen (secondary N) is 1. The number of carbonyl (C=O) groups excluding carboxylic acids is 3. The lowest BCUT2D eigenvalue weighted by molar-refractivity contribution is -0.250. The maximum Gasteiger partial charge on any atom is 0.411 e. The van der Waals surface area contributed by atoms with Gasteiger partial charge < -0.3 is 40.4 Å². The Morgan fingerprint density at radius 2 is 1.61 bits per heavy atom. The first-order valence-electron chi connectivity index (χ1n) is 14.7. The number of aromatic hydroxyl groups is 2. The van der Waals surface area contributed by atoms with Crippen molar-refractivity contribution in [3.63, 3.8) is 0 Å². The first kappa shape index (κ1) is 33.3. The number of ether oxygens (including phenoxy) is 3. The van der Waals surface area contributed by atoms with Crippen LogP contribution in [0, 0.1) is 0 Å². The highest BCUT2D eigenvalue weighted by Gasteiger charge is 2.50. The third-order valence-electron chi connectivity index (χ3n) is 8.93. The summed E-state index contributed by atoms with van der Waals surface area (Å²) in [7, 11) is 0. The van der Waals surface area contributed by atoms with Crippen molar-refractivity contribution < 1.29 is 49.0 Å². The SMILES string of the molecule is C[C@@H]1OC(O[C@H]2C[C@](O)([C@H](C)OC(=O)Nc3ccccc3)Cc3c(O)c4c(c(O)c32)C(=O)c2ccccc2C4=O)C[C@H](N)[C@H]1O.Cl. The van der Waals surface area contributed by atoms with E-state index in [4.69, 9.17) is 19.9 Å². The second kappa shape index (κ2) is 12.6. The van der Waals surface area contributed by atoms with Crippen LogP contribution in [-0.4, -0.2) is 74.3 Å². The molecule has 1 fully saturated rings. The number of fused-ring (bicyclic) bond motifs is 3. The molecule has 0 bridgehead atoms. The van der Waals surface area contributed by atoms with Crippen molar-refractivity contribution >= 4 is 35.8 Å². The number of carbonyl (C=O) groups is 3. The molecule has 12 nitrogen and oxygen atoms in total. The highest BCUT2D eigenvalue weighted by molar-refractivity contribution is 6.30. The van der Waals surface area contributed by atoms with Crippen molar-refractivity contribution in [3.05, 3.63) is 88.0 Å². The Bertz CT molecular complexity index is 1670. The van der Waals surface area contributed by atoms with Crippen LogP contribution in [0.15, 0.2) is 54.6 Å². The van der Waals surface area contributed by atoms with Crippen LogP contribution < -0.4 is 11.1 Å². The zero-order valence-electron chi connectivity index (χ0n) is 25.0. The number of rotatable bonds is 5. The van der Waals surface area contributed by atoms with Crippen molar-refractivity contribution in [2.75, 3.05) is 5.32 Å². The summed E-state index contributed by atoms with van der Waals surface area (Å²) in [5.41, 5.74) is 4.02. The van der Waals surface area contributed by atoms with E-state index in [1.165, 1.54) is 19.1 Å². The molecule has 1 heterocycles. The van der Waals surface area contributed by atoms with E-state index >= 15 is 0 Å². The van der Waals surface area contributed by atoms with Crippen LogP contribution in [0.1, 0.15) is 75.8 Å². The van der Waals surface area contributed by atoms with Crippen LogP contribution in [0.4, 0.5) is 10.5 Å². The Balaban J connectivity index is 0.00000417. The Kier molecular flexibility index (Phi) is 9.15. The lowest BCUT2D eigenvalue weighted by Gasteiger charge is -2.44. The van der Waals surface area contributed by atoms with Gasteiger partial charge in [0.2, 0.25) is 0 Å². The van der Waals surface area contributed by atoms with Crippen molar-refractivity contribution in [2.45, 2.75) is 75.5 Å². The third kappa shape index (κ3) is 5.72. The van der Waals surface area contributed by atoms with Crippen LogP contribution in [0.5, 0.6) is 11.5 Å². The molecule has 3 aromatic rings. The summed E-state index contributed by atoms with van der Waals surface area (Å²) in [5, 5.41) is 48.1. The van der Waals surface area contributed by atoms with Crippen molar-refractivity contribution in [3.8, 4) is 11.5 Å². The number of aliphatic hydroxyl groups is 2. The van der Waals surface area contributed by atoms with Gasteiger partial charge in [-0.15, -0.1) is 12.4 Å². The number of hydrogen-bond donors (Lipinski definition) is 6. The molecule has 7 atom stereocenters. The van der Waals surface area contributed by atoms with E-state index in [1.807, 2.05) is 0 Å². The molecule has 1 saturated heterocycles. The Morgan fingerprint density at radius 3 is 2.22 bits per heavy atom. The van der Waals surface area contributed by atoms with Gasteiger partial charge in [-0.05, 0) is 26.0 Å². The smallest absolute Gasteiger partial charge is 0.411 e. The van der Waals surface area contributed by atoms with Gasteiger partial charge in [0.15, 0.2) is 17.9 Å². The van der Waals surface area contributed by atoms with Gasteiger partial charge in [-0.1, -0.05) is 42.5 Å². The van der Waals surface area contributed by atoms with Crippen molar-refractivity contribution in [1.29, 1.82) is 0 Å². The minimum absolute atomic E-state index is 0. The molecule has 3 aromatic carbocycles. The van der Waals surface area contributed by atoms with E-state index in [2.05, 4.69) is 5.32 Å². The normalized spacial score (nSPS) is 27.4. The first-order valence-corrected chi connectivity index (χ1v) is 14.7. The highest BCUT2D eigenvalue weighted by Crippen LogP contribution is 2.52. The summed E-state index contributed by atoms with van der Waals surface area (Å²) in [6.07, 6.45) is -6.49. The number of halogens is 1. The fourth-order valence-electron chi connectivity index (χ4n) is 6.43. The molecule has 2 aliphatic carbocycles. The first-order chi connectivity index (χ1) is 21.4. The fraction of sp³-hybridized carbons (Fsp3) is 0.364. The van der Waals surface area contributed by atoms with Crippen LogP contribution in [0.25, 0.3) is 0 Å². The molecule has 0 saturated carbocycles. The lowest BCUT2D eigenvalue weighted by Crippen LogP contribution is -2.53. The van der Waals surface area contributed by atoms with Crippen LogP contribution in [0.2, 0.25) is 0 Å². The topological polar surface area (TPSA) is 198 Å². The van der Waals surface area contributed by atoms with Gasteiger partial charge in [0, 0.05) is 53.2 Å². The predicted molar refractivity (Wildman–Crippen MR) is 166 cm³/mol. The van der Waals surface area contributed by atoms with Gasteiger partial charge in [-0.25, -0.2) is 4.79 Å². The van der Waals surface area contributed by atoms with Gasteiger partial charge in [0.05, 0.1) is 29.4 Å². The second-order valence-corrected chi connectivity index (χ2v) is 11.9. The van der Waals surface area contributed by atoms with E-state index in [0.717, 1.165) is 0 Å². The summed E-state index contributed by atoms with van der Waals surface area (Å²) in [4.78, 5) is 39.9. The van der Waals surface area contributed by atoms with E-state index in [0.29, 0.717) is 5.69 Å². The van der Waals surface area contributed by atoms with Crippen molar-refractivity contribution in [1.82, 2.24) is 0 Å². The number of para-hydroxylation sites is 1. The molecule has 1 amide bonds. The highest BCUT2D eigenvalue weighted by atomic mass is 35.5. The number of benzene rings is 3. The number of aliphatic hydroxyl groups excluding tert-OH is 1. The van der Waals surface area contributed by atoms with Crippen molar-refractivity contribution in [2.24, 2.45) is 5.73 Å². The van der Waals surface area contributed by atoms with E-state index < -0.39 is 71.5 Å².